The van der Waals surface area contributed by atoms with E-state index >= 15 is 4.79 Å². The molecule has 6 aliphatic heterocycles. The Labute approximate surface area is 588 Å². The second-order valence-electron chi connectivity index (χ2n) is 31.9. The highest BCUT2D eigenvalue weighted by molar-refractivity contribution is 5.80. The highest BCUT2D eigenvalue weighted by Crippen LogP contribution is 2.76. The molecule has 0 aromatic rings. The lowest BCUT2D eigenvalue weighted by Crippen LogP contribution is -2.69. The number of allylic oxidation sites excluding steroid dienone is 2. The van der Waals surface area contributed by atoms with Crippen molar-refractivity contribution < 1.29 is 167 Å². The number of esters is 3. The maximum Gasteiger partial charge on any atom is 0.335 e. The Morgan fingerprint density at radius 1 is 0.549 bits per heavy atom. The van der Waals surface area contributed by atoms with E-state index in [1.54, 1.807) is 6.92 Å². The predicted octanol–water partition coefficient (Wildman–Crippen LogP) is -3.67. The molecule has 15 N–H and O–H groups in total. The Morgan fingerprint density at radius 3 is 1.77 bits per heavy atom. The predicted molar refractivity (Wildman–Crippen MR) is 335 cm³/mol. The molecule has 0 amide bonds. The van der Waals surface area contributed by atoms with Crippen LogP contribution in [0.25, 0.3) is 0 Å². The van der Waals surface area contributed by atoms with Crippen molar-refractivity contribution in [3.63, 3.8) is 0 Å². The minimum absolute atomic E-state index is 0.0164. The number of hydrogen-bond donors (Lipinski definition) is 15. The van der Waals surface area contributed by atoms with Crippen molar-refractivity contribution >= 4 is 30.2 Å². The molecule has 11 rings (SSSR count). The van der Waals surface area contributed by atoms with Crippen LogP contribution < -0.4 is 0 Å². The lowest BCUT2D eigenvalue weighted by Gasteiger charge is -2.71. The van der Waals surface area contributed by atoms with Crippen LogP contribution >= 0.6 is 0 Å². The largest absolute Gasteiger partial charge is 0.479 e. The molecule has 0 radical (unpaired) electrons. The van der Waals surface area contributed by atoms with Crippen LogP contribution in [0, 0.1) is 50.2 Å². The number of aldehydes is 1. The summed E-state index contributed by atoms with van der Waals surface area (Å²) in [6, 6.07) is 0. The average molecular weight is 1470 g/mol. The molecule has 102 heavy (non-hydrogen) atoms. The van der Waals surface area contributed by atoms with Crippen molar-refractivity contribution in [1.82, 2.24) is 0 Å². The van der Waals surface area contributed by atoms with Crippen LogP contribution in [-0.2, 0) is 90.3 Å². The number of carbonyl (C=O) groups excluding carboxylic acids is 4. The Bertz CT molecular complexity index is 3050. The van der Waals surface area contributed by atoms with E-state index < -0.39 is 272 Å². The zero-order valence-corrected chi connectivity index (χ0v) is 58.7. The number of carboxylic acid groups (broad SMARTS) is 1. The monoisotopic (exact) mass is 1460 g/mol. The molecule has 38 atom stereocenters. The van der Waals surface area contributed by atoms with Crippen LogP contribution in [0.15, 0.2) is 11.6 Å². The van der Waals surface area contributed by atoms with Gasteiger partial charge in [0.1, 0.15) is 122 Å². The Balaban J connectivity index is 0.894. The summed E-state index contributed by atoms with van der Waals surface area (Å²) in [7, 11) is 0. The van der Waals surface area contributed by atoms with Crippen LogP contribution in [0.5, 0.6) is 0 Å². The fraction of sp³-hybridized carbons (Fsp3) is 0.897. The van der Waals surface area contributed by atoms with Gasteiger partial charge in [0, 0.05) is 13.8 Å². The van der Waals surface area contributed by atoms with E-state index in [4.69, 9.17) is 66.3 Å². The van der Waals surface area contributed by atoms with Gasteiger partial charge in [0.2, 0.25) is 6.29 Å². The Morgan fingerprint density at radius 2 is 1.13 bits per heavy atom. The first-order valence-electron chi connectivity index (χ1n) is 35.3. The summed E-state index contributed by atoms with van der Waals surface area (Å²) in [5.41, 5.74) is -4.86. The number of aliphatic hydroxyl groups excluding tert-OH is 14. The lowest BCUT2D eigenvalue weighted by molar-refractivity contribution is -0.382. The van der Waals surface area contributed by atoms with Crippen LogP contribution in [0.1, 0.15) is 127 Å². The maximum atomic E-state index is 16.2. The van der Waals surface area contributed by atoms with E-state index in [1.165, 1.54) is 13.8 Å². The first-order valence-corrected chi connectivity index (χ1v) is 35.3. The summed E-state index contributed by atoms with van der Waals surface area (Å²) in [6.45, 7) is 15.4. The quantitative estimate of drug-likeness (QED) is 0.0207. The third-order valence-electron chi connectivity index (χ3n) is 25.3. The molecule has 10 fully saturated rings. The van der Waals surface area contributed by atoms with Gasteiger partial charge < -0.3 is 148 Å². The van der Waals surface area contributed by atoms with Crippen LogP contribution in [0.3, 0.4) is 0 Å². The minimum atomic E-state index is -2.13. The third kappa shape index (κ3) is 13.7. The molecule has 34 nitrogen and oxygen atoms in total. The lowest BCUT2D eigenvalue weighted by atomic mass is 9.33. The standard InChI is InChI=1S/C68H104O34/c1-25-49(97-56-45(82)38(75)31(73)22-90-56)44(81)48(85)57(91-25)101-54-53(100-58-46(83)40(77)33(95-58)23-89-27(3)71)50(93-28(4)72)26(2)92-61(54)102-62(88)68-18-17-63(5,6)19-30(68)29-11-12-35-64(7)15-14-37(65(8,24-70)34(64)13-16-66(35,9)67(29,10)20-36(68)74)96-60-52(43(80)42(79)51(98-60)55(86)87)99-59-47(84)41(78)39(76)32(21-69)94-59/h11,24-26,30-54,56-61,69,73-85H,12-23H2,1-10H3,(H,86,87)/t25-,26+,30-,31+,32+,33-,34+,35+,36+,37-,38-,39-,40-,41-,42-,43-,44-,45+,46+,47+,48+,49-,50-,51-,52+,53-,54+,56-,57-,58-,59-,60+,61-,64-,65-,66+,67+,68+/m0/s1. The molecule has 0 aromatic heterocycles. The molecular formula is C68H104O34. The normalized spacial score (nSPS) is 52.2. The minimum Gasteiger partial charge on any atom is -0.479 e. The van der Waals surface area contributed by atoms with Crippen molar-refractivity contribution in [2.24, 2.45) is 50.2 Å². The summed E-state index contributed by atoms with van der Waals surface area (Å²) >= 11 is 0. The molecule has 6 saturated heterocycles. The number of ether oxygens (including phenoxy) is 14. The van der Waals surface area contributed by atoms with Crippen molar-refractivity contribution in [1.29, 1.82) is 0 Å². The van der Waals surface area contributed by atoms with E-state index in [-0.39, 0.29) is 25.2 Å². The Hall–Kier alpha value is -3.71. The van der Waals surface area contributed by atoms with Crippen molar-refractivity contribution in [3.8, 4) is 0 Å². The van der Waals surface area contributed by atoms with Crippen molar-refractivity contribution in [3.05, 3.63) is 11.6 Å². The van der Waals surface area contributed by atoms with E-state index in [0.717, 1.165) is 25.7 Å². The number of hydrogen-bond acceptors (Lipinski definition) is 33. The van der Waals surface area contributed by atoms with Crippen LogP contribution in [0.4, 0.5) is 0 Å². The van der Waals surface area contributed by atoms with Gasteiger partial charge in [-0.05, 0) is 111 Å². The molecule has 34 heteroatoms. The molecule has 4 saturated carbocycles. The first kappa shape index (κ1) is 79.3. The number of carbonyl (C=O) groups is 5. The molecule has 6 heterocycles. The van der Waals surface area contributed by atoms with Crippen LogP contribution in [0.2, 0.25) is 0 Å². The third-order valence-corrected chi connectivity index (χ3v) is 25.3. The molecule has 0 unspecified atom stereocenters. The smallest absolute Gasteiger partial charge is 0.335 e. The van der Waals surface area contributed by atoms with Gasteiger partial charge in [-0.3, -0.25) is 14.4 Å². The number of aliphatic hydroxyl groups is 14. The summed E-state index contributed by atoms with van der Waals surface area (Å²) in [6.07, 6.45) is -46.7. The number of fused-ring (bicyclic) bond motifs is 7. The molecule has 5 aliphatic carbocycles. The fourth-order valence-electron chi connectivity index (χ4n) is 19.4. The summed E-state index contributed by atoms with van der Waals surface area (Å²) < 4.78 is 84.3. The average Bonchev–Trinajstić information content (AvgIpc) is 0.727. The van der Waals surface area contributed by atoms with Gasteiger partial charge in [-0.2, -0.15) is 0 Å². The zero-order valence-electron chi connectivity index (χ0n) is 58.7. The molecule has 580 valence electrons. The van der Waals surface area contributed by atoms with Gasteiger partial charge >= 0.3 is 23.9 Å². The van der Waals surface area contributed by atoms with Gasteiger partial charge in [-0.25, -0.2) is 4.79 Å². The van der Waals surface area contributed by atoms with Crippen molar-refractivity contribution in [2.45, 2.75) is 311 Å². The van der Waals surface area contributed by atoms with E-state index in [2.05, 4.69) is 40.7 Å². The summed E-state index contributed by atoms with van der Waals surface area (Å²) in [5.74, 6) is -5.64. The topological polar surface area (TPSA) is 518 Å². The first-order chi connectivity index (χ1) is 47.7. The molecule has 0 aromatic carbocycles. The second kappa shape index (κ2) is 29.7. The van der Waals surface area contributed by atoms with Gasteiger partial charge in [-0.15, -0.1) is 0 Å². The van der Waals surface area contributed by atoms with Gasteiger partial charge in [-0.1, -0.05) is 53.2 Å². The van der Waals surface area contributed by atoms with Gasteiger partial charge in [0.05, 0.1) is 43.0 Å². The van der Waals surface area contributed by atoms with E-state index in [1.807, 2.05) is 0 Å². The summed E-state index contributed by atoms with van der Waals surface area (Å²) in [5, 5.41) is 166. The van der Waals surface area contributed by atoms with E-state index in [0.29, 0.717) is 38.5 Å². The number of carboxylic acids is 1. The maximum absolute atomic E-state index is 16.2. The molecule has 11 aliphatic rings. The SMILES string of the molecule is CC(=O)OC[C@@H]1O[C@@H](O[C@H]2[C@@H](OC(C)=O)[C@@H](C)O[C@@H](OC(=O)[C@]34CCC(C)(C)C[C@H]3C3=CC[C@@H]5[C@@]6(C)CC[C@H](O[C@@H]7O[C@H](C(=O)O)[C@@H](O)[C@H](O)[C@H]7O[C@@H]7O[C@H](CO)[C@H](O)[C@H](O)[C@H]7O)[C@@](C)(C=O)[C@@H]6CC[C@@]5(C)[C@]3(C)C[C@H]4O)[C@@H]2O[C@@H]2O[C@@H](C)[C@H](O[C@@H]3OC[C@@H](O)[C@H](O)[C@H]3O)[C@@H](O)[C@H]2O)[C@H](O)[C@H]1O. The zero-order chi connectivity index (χ0) is 74.7. The Kier molecular flexibility index (Phi) is 23.1. The summed E-state index contributed by atoms with van der Waals surface area (Å²) in [4.78, 5) is 67.7. The molecule has 0 spiro atoms. The molecular weight excluding hydrogens is 1360 g/mol. The van der Waals surface area contributed by atoms with E-state index in [9.17, 15) is 95.8 Å². The number of aliphatic carboxylic acids is 1. The highest BCUT2D eigenvalue weighted by Gasteiger charge is 2.73. The van der Waals surface area contributed by atoms with Gasteiger partial charge in [0.25, 0.3) is 0 Å². The fourth-order valence-corrected chi connectivity index (χ4v) is 19.4. The van der Waals surface area contributed by atoms with Crippen LogP contribution in [-0.4, -0.2) is 311 Å². The van der Waals surface area contributed by atoms with Crippen molar-refractivity contribution in [2.75, 3.05) is 19.8 Å². The second-order valence-corrected chi connectivity index (χ2v) is 31.9. The number of rotatable bonds is 18. The molecule has 0 bridgehead atoms. The van der Waals surface area contributed by atoms with Gasteiger partial charge in [0.15, 0.2) is 49.8 Å². The highest BCUT2D eigenvalue weighted by atomic mass is 16.8.